The van der Waals surface area contributed by atoms with Crippen molar-refractivity contribution >= 4 is 11.9 Å². The third-order valence-electron chi connectivity index (χ3n) is 4.17. The van der Waals surface area contributed by atoms with Crippen molar-refractivity contribution in [2.24, 2.45) is 0 Å². The molecule has 0 spiro atoms. The fraction of sp³-hybridized carbons (Fsp3) is 0.250. The standard InChI is InChI=1S/C20H21NO5/c1-21(2)11-15-16(22)8-7-14-19(23)18(26-20(14)15)9-12-5-6-13(24-3)10-17(12)25-4/h5-10,22H,11H2,1-4H3/p+1. The number of benzene rings is 2. The van der Waals surface area contributed by atoms with Crippen molar-refractivity contribution in [1.82, 2.24) is 0 Å². The van der Waals surface area contributed by atoms with E-state index in [4.69, 9.17) is 14.2 Å². The fourth-order valence-electron chi connectivity index (χ4n) is 2.90. The van der Waals surface area contributed by atoms with E-state index in [0.717, 1.165) is 4.90 Å². The predicted molar refractivity (Wildman–Crippen MR) is 97.1 cm³/mol. The van der Waals surface area contributed by atoms with Gasteiger partial charge in [-0.15, -0.1) is 0 Å². The molecule has 0 aromatic heterocycles. The van der Waals surface area contributed by atoms with Gasteiger partial charge in [0.05, 0.1) is 39.4 Å². The van der Waals surface area contributed by atoms with Crippen molar-refractivity contribution in [2.75, 3.05) is 28.3 Å². The van der Waals surface area contributed by atoms with Gasteiger partial charge in [-0.2, -0.15) is 0 Å². The number of fused-ring (bicyclic) bond motifs is 1. The number of allylic oxidation sites excluding steroid dienone is 1. The van der Waals surface area contributed by atoms with Crippen molar-refractivity contribution in [3.63, 3.8) is 0 Å². The summed E-state index contributed by atoms with van der Waals surface area (Å²) in [7, 11) is 7.07. The number of aromatic hydroxyl groups is 1. The van der Waals surface area contributed by atoms with E-state index in [-0.39, 0.29) is 17.3 Å². The van der Waals surface area contributed by atoms with Crippen molar-refractivity contribution in [3.8, 4) is 23.0 Å². The lowest BCUT2D eigenvalue weighted by Gasteiger charge is -2.12. The van der Waals surface area contributed by atoms with E-state index in [0.29, 0.717) is 40.5 Å². The Hall–Kier alpha value is -2.99. The predicted octanol–water partition coefficient (Wildman–Crippen LogP) is 1.67. The Morgan fingerprint density at radius 3 is 2.58 bits per heavy atom. The number of phenols is 1. The number of carbonyl (C=O) groups is 1. The van der Waals surface area contributed by atoms with Crippen LogP contribution in [-0.4, -0.2) is 39.2 Å². The van der Waals surface area contributed by atoms with Crippen LogP contribution in [0.5, 0.6) is 23.0 Å². The number of nitrogens with one attached hydrogen (secondary N) is 1. The molecule has 1 aliphatic heterocycles. The lowest BCUT2D eigenvalue weighted by molar-refractivity contribution is -0.872. The maximum atomic E-state index is 12.7. The first-order valence-corrected chi connectivity index (χ1v) is 8.24. The largest absolute Gasteiger partial charge is 0.507 e. The van der Waals surface area contributed by atoms with Crippen molar-refractivity contribution in [3.05, 3.63) is 52.8 Å². The molecular formula is C20H22NO5+. The van der Waals surface area contributed by atoms with E-state index >= 15 is 0 Å². The molecule has 2 aromatic rings. The molecule has 0 aliphatic carbocycles. The molecule has 0 saturated carbocycles. The van der Waals surface area contributed by atoms with E-state index in [9.17, 15) is 9.90 Å². The number of rotatable bonds is 5. The first-order valence-electron chi connectivity index (χ1n) is 8.24. The van der Waals surface area contributed by atoms with E-state index in [1.54, 1.807) is 44.6 Å². The van der Waals surface area contributed by atoms with Crippen LogP contribution in [0.15, 0.2) is 36.1 Å². The van der Waals surface area contributed by atoms with Crippen LogP contribution in [0.4, 0.5) is 0 Å². The summed E-state index contributed by atoms with van der Waals surface area (Å²) < 4.78 is 16.4. The second-order valence-electron chi connectivity index (χ2n) is 6.37. The molecule has 2 N–H and O–H groups in total. The lowest BCUT2D eigenvalue weighted by Crippen LogP contribution is -3.04. The zero-order valence-electron chi connectivity index (χ0n) is 15.3. The van der Waals surface area contributed by atoms with Gasteiger partial charge in [0.25, 0.3) is 0 Å². The van der Waals surface area contributed by atoms with Crippen LogP contribution in [0.2, 0.25) is 0 Å². The topological polar surface area (TPSA) is 69.4 Å². The highest BCUT2D eigenvalue weighted by Gasteiger charge is 2.32. The average molecular weight is 356 g/mol. The Morgan fingerprint density at radius 2 is 1.92 bits per heavy atom. The summed E-state index contributed by atoms with van der Waals surface area (Å²) >= 11 is 0. The lowest BCUT2D eigenvalue weighted by atomic mass is 10.0. The minimum absolute atomic E-state index is 0.126. The van der Waals surface area contributed by atoms with Crippen molar-refractivity contribution < 1.29 is 29.0 Å². The molecule has 0 amide bonds. The molecule has 6 nitrogen and oxygen atoms in total. The van der Waals surface area contributed by atoms with Gasteiger partial charge in [0.1, 0.15) is 23.8 Å². The molecule has 0 bridgehead atoms. The van der Waals surface area contributed by atoms with Gasteiger partial charge in [0, 0.05) is 11.6 Å². The zero-order chi connectivity index (χ0) is 18.8. The van der Waals surface area contributed by atoms with Gasteiger partial charge in [-0.05, 0) is 30.3 Å². The maximum Gasteiger partial charge on any atom is 0.231 e. The van der Waals surface area contributed by atoms with Crippen LogP contribution in [0.3, 0.4) is 0 Å². The van der Waals surface area contributed by atoms with Crippen LogP contribution in [0.1, 0.15) is 21.5 Å². The molecule has 136 valence electrons. The summed E-state index contributed by atoms with van der Waals surface area (Å²) in [5, 5.41) is 10.2. The average Bonchev–Trinajstić information content (AvgIpc) is 2.93. The van der Waals surface area contributed by atoms with Crippen LogP contribution in [0.25, 0.3) is 6.08 Å². The summed E-state index contributed by atoms with van der Waals surface area (Å²) in [6.07, 6.45) is 1.64. The number of methoxy groups -OCH3 is 2. The molecule has 0 unspecified atom stereocenters. The van der Waals surface area contributed by atoms with Gasteiger partial charge in [-0.25, -0.2) is 0 Å². The molecule has 1 heterocycles. The van der Waals surface area contributed by atoms with E-state index in [2.05, 4.69) is 0 Å². The van der Waals surface area contributed by atoms with E-state index in [1.165, 1.54) is 6.07 Å². The SMILES string of the molecule is COc1ccc(C=C2Oc3c(ccc(O)c3C[NH+](C)C)C2=O)c(OC)c1. The molecule has 6 heteroatoms. The zero-order valence-corrected chi connectivity index (χ0v) is 15.3. The number of carbonyl (C=O) groups excluding carboxylic acids is 1. The molecule has 2 aromatic carbocycles. The minimum Gasteiger partial charge on any atom is -0.507 e. The van der Waals surface area contributed by atoms with Crippen LogP contribution < -0.4 is 19.1 Å². The quantitative estimate of drug-likeness (QED) is 0.798. The number of quaternary nitrogens is 1. The van der Waals surface area contributed by atoms with Crippen molar-refractivity contribution in [1.29, 1.82) is 0 Å². The van der Waals surface area contributed by atoms with E-state index < -0.39 is 0 Å². The second-order valence-corrected chi connectivity index (χ2v) is 6.37. The Morgan fingerprint density at radius 1 is 1.15 bits per heavy atom. The van der Waals surface area contributed by atoms with Crippen LogP contribution >= 0.6 is 0 Å². The Labute approximate surface area is 152 Å². The Kier molecular flexibility index (Phi) is 4.86. The smallest absolute Gasteiger partial charge is 0.231 e. The number of ketones is 1. The summed E-state index contributed by atoms with van der Waals surface area (Å²) in [6.45, 7) is 0.543. The maximum absolute atomic E-state index is 12.7. The second kappa shape index (κ2) is 7.09. The Balaban J connectivity index is 2.02. The first-order chi connectivity index (χ1) is 12.4. The number of ether oxygens (including phenoxy) is 3. The third kappa shape index (κ3) is 3.23. The van der Waals surface area contributed by atoms with Gasteiger partial charge in [-0.3, -0.25) is 4.79 Å². The summed E-state index contributed by atoms with van der Waals surface area (Å²) in [4.78, 5) is 13.8. The van der Waals surface area contributed by atoms with Gasteiger partial charge >= 0.3 is 0 Å². The van der Waals surface area contributed by atoms with Gasteiger partial charge in [0.15, 0.2) is 11.5 Å². The highest BCUT2D eigenvalue weighted by molar-refractivity contribution is 6.15. The van der Waals surface area contributed by atoms with Crippen LogP contribution in [-0.2, 0) is 6.54 Å². The molecular weight excluding hydrogens is 334 g/mol. The first kappa shape index (κ1) is 17.8. The van der Waals surface area contributed by atoms with Gasteiger partial charge < -0.3 is 24.2 Å². The molecule has 3 rings (SSSR count). The normalized spacial score (nSPS) is 14.5. The van der Waals surface area contributed by atoms with E-state index in [1.807, 2.05) is 14.1 Å². The van der Waals surface area contributed by atoms with Crippen molar-refractivity contribution in [2.45, 2.75) is 6.54 Å². The molecule has 0 radical (unpaired) electrons. The summed E-state index contributed by atoms with van der Waals surface area (Å²) in [6, 6.07) is 8.45. The molecule has 26 heavy (non-hydrogen) atoms. The summed E-state index contributed by atoms with van der Waals surface area (Å²) in [5.41, 5.74) is 1.78. The number of Topliss-reactive ketones (excluding diaryl/α,β-unsaturated/α-hetero) is 1. The highest BCUT2D eigenvalue weighted by Crippen LogP contribution is 2.39. The summed E-state index contributed by atoms with van der Waals surface area (Å²) in [5.74, 6) is 1.77. The Bertz CT molecular complexity index is 886. The molecule has 0 atom stereocenters. The molecule has 0 saturated heterocycles. The molecule has 0 fully saturated rings. The fourth-order valence-corrected chi connectivity index (χ4v) is 2.90. The molecule has 1 aliphatic rings. The highest BCUT2D eigenvalue weighted by atomic mass is 16.5. The van der Waals surface area contributed by atoms with Gasteiger partial charge in [-0.1, -0.05) is 0 Å². The third-order valence-corrected chi connectivity index (χ3v) is 4.17. The monoisotopic (exact) mass is 356 g/mol. The number of hydrogen-bond acceptors (Lipinski definition) is 5. The number of phenolic OH excluding ortho intramolecular Hbond substituents is 1. The minimum atomic E-state index is -0.215. The van der Waals surface area contributed by atoms with Crippen LogP contribution in [0, 0.1) is 0 Å². The number of hydrogen-bond donors (Lipinski definition) is 2. The van der Waals surface area contributed by atoms with Gasteiger partial charge in [0.2, 0.25) is 5.78 Å².